The van der Waals surface area contributed by atoms with Crippen molar-refractivity contribution in [3.05, 3.63) is 66.3 Å². The summed E-state index contributed by atoms with van der Waals surface area (Å²) in [5.74, 6) is -2.38. The van der Waals surface area contributed by atoms with Crippen LogP contribution in [0, 0.1) is 17.8 Å². The minimum atomic E-state index is -1.59. The van der Waals surface area contributed by atoms with E-state index < -0.39 is 79.4 Å². The normalized spacial score (nSPS) is 39.4. The van der Waals surface area contributed by atoms with Crippen LogP contribution in [0.15, 0.2) is 60.7 Å². The number of ether oxygens (including phenoxy) is 4. The summed E-state index contributed by atoms with van der Waals surface area (Å²) >= 11 is 0. The van der Waals surface area contributed by atoms with E-state index in [2.05, 4.69) is 19.7 Å². The molecule has 216 valence electrons. The fourth-order valence-corrected chi connectivity index (χ4v) is 6.33. The van der Waals surface area contributed by atoms with Gasteiger partial charge < -0.3 is 44.5 Å². The molecule has 1 aromatic carbocycles. The first kappa shape index (κ1) is 28.5. The highest BCUT2D eigenvalue weighted by molar-refractivity contribution is 5.91. The second-order valence-corrected chi connectivity index (χ2v) is 10.9. The molecule has 2 heterocycles. The predicted octanol–water partition coefficient (Wildman–Crippen LogP) is 0.282. The molecule has 4 aliphatic rings. The number of fused-ring (bicyclic) bond motifs is 3. The Kier molecular flexibility index (Phi) is 7.88. The summed E-state index contributed by atoms with van der Waals surface area (Å²) in [6, 6.07) is 6.20. The predicted molar refractivity (Wildman–Crippen MR) is 137 cm³/mol. The van der Waals surface area contributed by atoms with Gasteiger partial charge in [-0.25, -0.2) is 4.79 Å². The van der Waals surface area contributed by atoms with Crippen LogP contribution in [0.1, 0.15) is 18.4 Å². The Balaban J connectivity index is 1.34. The van der Waals surface area contributed by atoms with Crippen LogP contribution >= 0.6 is 0 Å². The van der Waals surface area contributed by atoms with Gasteiger partial charge in [-0.2, -0.15) is 0 Å². The summed E-state index contributed by atoms with van der Waals surface area (Å²) in [6.07, 6.45) is -8.77. The Morgan fingerprint density at radius 1 is 1.02 bits per heavy atom. The van der Waals surface area contributed by atoms with Crippen LogP contribution in [0.2, 0.25) is 0 Å². The lowest BCUT2D eigenvalue weighted by atomic mass is 9.81. The van der Waals surface area contributed by atoms with Gasteiger partial charge in [-0.1, -0.05) is 37.4 Å². The van der Waals surface area contributed by atoms with Crippen LogP contribution in [0.4, 0.5) is 0 Å². The standard InChI is InChI=1S/C29H34O11/c1-12-8-19(37-21(32)9-15-4-6-16(31)7-5-15)23-14(3)28(36)40-27(23)22-13(2)18(10-17(12)22)38-29-26(35)25(34)24(33)20(11-30)39-29/h4-7,17-20,22-27,29-31,33-35H,1-3,8-11H2/t17-,18-,19-,20+,22-,23+,24+,25-,26-,27-,29+/m0/s1. The average Bonchev–Trinajstić information content (AvgIpc) is 3.36. The highest BCUT2D eigenvalue weighted by Crippen LogP contribution is 2.53. The molecular formula is C29H34O11. The van der Waals surface area contributed by atoms with Crippen molar-refractivity contribution < 1.29 is 54.1 Å². The van der Waals surface area contributed by atoms with Crippen molar-refractivity contribution in [2.75, 3.05) is 6.61 Å². The van der Waals surface area contributed by atoms with Crippen LogP contribution in [0.5, 0.6) is 5.75 Å². The number of carbonyl (C=O) groups is 2. The minimum absolute atomic E-state index is 0.0313. The van der Waals surface area contributed by atoms with Crippen LogP contribution in [-0.2, 0) is 35.0 Å². The zero-order valence-electron chi connectivity index (χ0n) is 21.8. The van der Waals surface area contributed by atoms with Gasteiger partial charge in [-0.15, -0.1) is 0 Å². The van der Waals surface area contributed by atoms with Crippen molar-refractivity contribution in [3.8, 4) is 5.75 Å². The lowest BCUT2D eigenvalue weighted by Gasteiger charge is -2.40. The Morgan fingerprint density at radius 2 is 1.73 bits per heavy atom. The van der Waals surface area contributed by atoms with E-state index >= 15 is 0 Å². The topological polar surface area (TPSA) is 172 Å². The summed E-state index contributed by atoms with van der Waals surface area (Å²) in [6.45, 7) is 11.8. The summed E-state index contributed by atoms with van der Waals surface area (Å²) in [5.41, 5.74) is 2.14. The molecule has 1 aromatic rings. The average molecular weight is 559 g/mol. The Hall–Kier alpha value is -3.06. The third-order valence-corrected chi connectivity index (χ3v) is 8.46. The number of esters is 2. The number of aliphatic hydroxyl groups is 4. The monoisotopic (exact) mass is 558 g/mol. The third kappa shape index (κ3) is 5.09. The van der Waals surface area contributed by atoms with Gasteiger partial charge in [-0.3, -0.25) is 4.79 Å². The molecule has 2 aliphatic heterocycles. The second-order valence-electron chi connectivity index (χ2n) is 10.9. The molecule has 0 spiro atoms. The van der Waals surface area contributed by atoms with Gasteiger partial charge in [0.15, 0.2) is 6.29 Å². The van der Waals surface area contributed by atoms with Gasteiger partial charge in [0.2, 0.25) is 0 Å². The van der Waals surface area contributed by atoms with E-state index in [1.807, 2.05) is 0 Å². The molecule has 0 bridgehead atoms. The maximum atomic E-state index is 12.9. The molecule has 4 fully saturated rings. The number of phenolic OH excluding ortho intramolecular Hbond substituents is 1. The first-order valence-corrected chi connectivity index (χ1v) is 13.2. The number of phenols is 1. The number of aromatic hydroxyl groups is 1. The third-order valence-electron chi connectivity index (χ3n) is 8.46. The molecule has 5 rings (SSSR count). The van der Waals surface area contributed by atoms with E-state index in [-0.39, 0.29) is 30.1 Å². The largest absolute Gasteiger partial charge is 0.508 e. The molecular weight excluding hydrogens is 524 g/mol. The van der Waals surface area contributed by atoms with Crippen molar-refractivity contribution in [3.63, 3.8) is 0 Å². The van der Waals surface area contributed by atoms with E-state index in [1.165, 1.54) is 12.1 Å². The fourth-order valence-electron chi connectivity index (χ4n) is 6.33. The van der Waals surface area contributed by atoms with Crippen molar-refractivity contribution in [2.45, 2.75) is 68.3 Å². The number of benzene rings is 1. The lowest BCUT2D eigenvalue weighted by Crippen LogP contribution is -2.59. The zero-order chi connectivity index (χ0) is 28.9. The molecule has 0 radical (unpaired) electrons. The van der Waals surface area contributed by atoms with Gasteiger partial charge >= 0.3 is 11.9 Å². The van der Waals surface area contributed by atoms with Crippen LogP contribution in [0.3, 0.4) is 0 Å². The summed E-state index contributed by atoms with van der Waals surface area (Å²) in [5, 5.41) is 49.7. The molecule has 11 heteroatoms. The van der Waals surface area contributed by atoms with Crippen LogP contribution in [-0.4, -0.2) is 93.1 Å². The molecule has 5 N–H and O–H groups in total. The molecule has 2 aliphatic carbocycles. The van der Waals surface area contributed by atoms with Crippen molar-refractivity contribution in [1.29, 1.82) is 0 Å². The first-order chi connectivity index (χ1) is 19.0. The number of carbonyl (C=O) groups excluding carboxylic acids is 2. The highest BCUT2D eigenvalue weighted by Gasteiger charge is 2.58. The molecule has 2 saturated heterocycles. The molecule has 11 nitrogen and oxygen atoms in total. The van der Waals surface area contributed by atoms with E-state index in [1.54, 1.807) is 12.1 Å². The van der Waals surface area contributed by atoms with Gasteiger partial charge in [0, 0.05) is 17.9 Å². The van der Waals surface area contributed by atoms with Crippen molar-refractivity contribution in [1.82, 2.24) is 0 Å². The number of rotatable bonds is 6. The molecule has 0 amide bonds. The van der Waals surface area contributed by atoms with E-state index in [0.29, 0.717) is 17.6 Å². The van der Waals surface area contributed by atoms with Crippen molar-refractivity contribution in [2.24, 2.45) is 17.8 Å². The fraction of sp³-hybridized carbons (Fsp3) is 0.517. The Bertz CT molecular complexity index is 1190. The maximum absolute atomic E-state index is 12.9. The zero-order valence-corrected chi connectivity index (χ0v) is 21.8. The molecule has 0 unspecified atom stereocenters. The Labute approximate surface area is 230 Å². The van der Waals surface area contributed by atoms with E-state index in [9.17, 15) is 35.1 Å². The molecule has 11 atom stereocenters. The quantitative estimate of drug-likeness (QED) is 0.184. The van der Waals surface area contributed by atoms with E-state index in [4.69, 9.17) is 18.9 Å². The Morgan fingerprint density at radius 3 is 2.40 bits per heavy atom. The van der Waals surface area contributed by atoms with Crippen LogP contribution in [0.25, 0.3) is 0 Å². The van der Waals surface area contributed by atoms with E-state index in [0.717, 1.165) is 5.57 Å². The molecule has 40 heavy (non-hydrogen) atoms. The summed E-state index contributed by atoms with van der Waals surface area (Å²) < 4.78 is 23.2. The first-order valence-electron chi connectivity index (χ1n) is 13.2. The van der Waals surface area contributed by atoms with Gasteiger partial charge in [0.25, 0.3) is 0 Å². The second kappa shape index (κ2) is 11.1. The van der Waals surface area contributed by atoms with Gasteiger partial charge in [0.1, 0.15) is 42.4 Å². The lowest BCUT2D eigenvalue weighted by molar-refractivity contribution is -0.308. The maximum Gasteiger partial charge on any atom is 0.334 e. The summed E-state index contributed by atoms with van der Waals surface area (Å²) in [7, 11) is 0. The molecule has 2 saturated carbocycles. The molecule has 0 aromatic heterocycles. The van der Waals surface area contributed by atoms with Crippen LogP contribution < -0.4 is 0 Å². The number of hydrogen-bond acceptors (Lipinski definition) is 11. The van der Waals surface area contributed by atoms with Gasteiger partial charge in [0.05, 0.1) is 25.0 Å². The minimum Gasteiger partial charge on any atom is -0.508 e. The smallest absolute Gasteiger partial charge is 0.334 e. The number of hydrogen-bond donors (Lipinski definition) is 5. The van der Waals surface area contributed by atoms with Gasteiger partial charge in [-0.05, 0) is 35.6 Å². The highest BCUT2D eigenvalue weighted by atomic mass is 16.7. The SMILES string of the molecule is C=C1C(=O)O[C@H]2[C@H]3C(=C)[C@@H](O[C@@H]4O[C@H](CO)[C@@H](O)[C@H](O)[C@@H]4O)C[C@H]3C(=C)C[C@H](OC(=O)Cc3ccc(O)cc3)[C@@H]12. The summed E-state index contributed by atoms with van der Waals surface area (Å²) in [4.78, 5) is 25.5. The number of aliphatic hydroxyl groups excluding tert-OH is 4. The van der Waals surface area contributed by atoms with Crippen molar-refractivity contribution >= 4 is 11.9 Å².